The quantitative estimate of drug-likeness (QED) is 0.473. The van der Waals surface area contributed by atoms with Gasteiger partial charge in [-0.25, -0.2) is 0 Å². The third-order valence-corrected chi connectivity index (χ3v) is 8.63. The number of fused-ring (bicyclic) bond motifs is 1. The topological polar surface area (TPSA) is 20.2 Å². The van der Waals surface area contributed by atoms with E-state index in [1.807, 2.05) is 0 Å². The van der Waals surface area contributed by atoms with E-state index in [2.05, 4.69) is 65.5 Å². The number of aliphatic hydroxyl groups is 1. The van der Waals surface area contributed by atoms with Gasteiger partial charge in [0.25, 0.3) is 0 Å². The maximum Gasteiger partial charge on any atom is 0.0583 e. The Kier molecular flexibility index (Phi) is 7.31. The van der Waals surface area contributed by atoms with E-state index in [0.29, 0.717) is 17.3 Å². The van der Waals surface area contributed by atoms with E-state index in [-0.39, 0.29) is 6.10 Å². The molecule has 0 heterocycles. The summed E-state index contributed by atoms with van der Waals surface area (Å²) in [6, 6.07) is 0. The Bertz CT molecular complexity index is 678. The first kappa shape index (κ1) is 22.6. The lowest BCUT2D eigenvalue weighted by molar-refractivity contribution is 0.112. The Morgan fingerprint density at radius 2 is 1.79 bits per heavy atom. The number of hydrogen-bond donors (Lipinski definition) is 1. The minimum Gasteiger partial charge on any atom is -0.393 e. The Balaban J connectivity index is 1.75. The van der Waals surface area contributed by atoms with Crippen molar-refractivity contribution < 1.29 is 5.11 Å². The van der Waals surface area contributed by atoms with Crippen molar-refractivity contribution in [2.75, 3.05) is 0 Å². The fraction of sp³-hybridized carbons (Fsp3) is 0.714. The van der Waals surface area contributed by atoms with Crippen LogP contribution in [0.3, 0.4) is 0 Å². The van der Waals surface area contributed by atoms with Gasteiger partial charge in [-0.05, 0) is 91.9 Å². The molecule has 0 bridgehead atoms. The van der Waals surface area contributed by atoms with Gasteiger partial charge in [0, 0.05) is 0 Å². The molecular weight excluding hydrogens is 352 g/mol. The molecule has 1 nitrogen and oxygen atoms in total. The van der Waals surface area contributed by atoms with Crippen LogP contribution in [-0.4, -0.2) is 11.2 Å². The molecule has 3 saturated carbocycles. The first-order chi connectivity index (χ1) is 13.7. The average molecular weight is 397 g/mol. The molecule has 29 heavy (non-hydrogen) atoms. The van der Waals surface area contributed by atoms with Crippen LogP contribution in [0.4, 0.5) is 0 Å². The summed E-state index contributed by atoms with van der Waals surface area (Å²) in [5.74, 6) is 3.58. The molecule has 3 rings (SSSR count). The van der Waals surface area contributed by atoms with Crippen molar-refractivity contribution in [1.82, 2.24) is 0 Å². The summed E-state index contributed by atoms with van der Waals surface area (Å²) in [5, 5.41) is 10.0. The predicted octanol–water partition coefficient (Wildman–Crippen LogP) is 7.64. The van der Waals surface area contributed by atoms with Gasteiger partial charge in [-0.1, -0.05) is 76.6 Å². The van der Waals surface area contributed by atoms with Gasteiger partial charge < -0.3 is 5.11 Å². The molecule has 3 aliphatic carbocycles. The predicted molar refractivity (Wildman–Crippen MR) is 126 cm³/mol. The first-order valence-electron chi connectivity index (χ1n) is 12.2. The molecule has 0 amide bonds. The molecule has 3 fully saturated rings. The lowest BCUT2D eigenvalue weighted by Gasteiger charge is -2.44. The molecule has 0 saturated heterocycles. The standard InChI is InChI=1S/C28H44O/c1-19(2)20(3)9-10-22(5)26-15-16-27-23(8-7-17-28(26,27)6)12-13-24-18-25(29)14-11-21(24)4/h9-10,12-13,19-20,22,25-27,29H,4,7-8,11,14-18H2,1-3,5-6H3/b10-9+,23-12-,24-13+/t20?,22?,25-,26?,27?,28?/m0/s1. The first-order valence-corrected chi connectivity index (χ1v) is 12.2. The molecule has 1 N–H and O–H groups in total. The van der Waals surface area contributed by atoms with Crippen molar-refractivity contribution >= 4 is 0 Å². The molecule has 0 aromatic carbocycles. The van der Waals surface area contributed by atoms with Crippen LogP contribution in [0.5, 0.6) is 0 Å². The Morgan fingerprint density at radius 3 is 2.52 bits per heavy atom. The number of rotatable bonds is 5. The van der Waals surface area contributed by atoms with Gasteiger partial charge in [-0.2, -0.15) is 0 Å². The van der Waals surface area contributed by atoms with Gasteiger partial charge in [0.05, 0.1) is 6.10 Å². The molecule has 162 valence electrons. The summed E-state index contributed by atoms with van der Waals surface area (Å²) < 4.78 is 0. The molecule has 0 spiro atoms. The van der Waals surface area contributed by atoms with Crippen LogP contribution < -0.4 is 0 Å². The van der Waals surface area contributed by atoms with E-state index < -0.39 is 0 Å². The van der Waals surface area contributed by atoms with E-state index in [4.69, 9.17) is 0 Å². The summed E-state index contributed by atoms with van der Waals surface area (Å²) >= 11 is 0. The van der Waals surface area contributed by atoms with Gasteiger partial charge in [0.15, 0.2) is 0 Å². The molecule has 0 aromatic heterocycles. The highest BCUT2D eigenvalue weighted by atomic mass is 16.3. The summed E-state index contributed by atoms with van der Waals surface area (Å²) in [5.41, 5.74) is 4.61. The van der Waals surface area contributed by atoms with E-state index >= 15 is 0 Å². The minimum atomic E-state index is -0.182. The third kappa shape index (κ3) is 4.98. The van der Waals surface area contributed by atoms with Crippen molar-refractivity contribution in [2.24, 2.45) is 35.0 Å². The Labute approximate surface area is 180 Å². The van der Waals surface area contributed by atoms with Crippen molar-refractivity contribution in [3.05, 3.63) is 47.6 Å². The highest BCUT2D eigenvalue weighted by molar-refractivity contribution is 5.36. The van der Waals surface area contributed by atoms with E-state index in [1.165, 1.54) is 43.3 Å². The van der Waals surface area contributed by atoms with Crippen LogP contribution in [0.2, 0.25) is 0 Å². The second-order valence-electron chi connectivity index (χ2n) is 10.9. The molecule has 1 heteroatoms. The molecule has 0 aromatic rings. The third-order valence-electron chi connectivity index (χ3n) is 8.63. The van der Waals surface area contributed by atoms with Crippen LogP contribution in [0, 0.1) is 35.0 Å². The van der Waals surface area contributed by atoms with Crippen LogP contribution in [0.1, 0.15) is 86.0 Å². The second kappa shape index (κ2) is 9.38. The van der Waals surface area contributed by atoms with Gasteiger partial charge in [-0.3, -0.25) is 0 Å². The van der Waals surface area contributed by atoms with Crippen LogP contribution >= 0.6 is 0 Å². The number of allylic oxidation sites excluding steroid dienone is 6. The molecule has 3 aliphatic rings. The molecule has 5 unspecified atom stereocenters. The van der Waals surface area contributed by atoms with Crippen molar-refractivity contribution in [2.45, 2.75) is 92.1 Å². The summed E-state index contributed by atoms with van der Waals surface area (Å²) in [6.07, 6.45) is 18.8. The SMILES string of the molecule is C=C1CC[C@H](O)C/C1=C\C=C1\CCCC2(C)C1CCC2C(C)/C=C/C(C)C(C)C. The molecule has 0 aliphatic heterocycles. The molecule has 0 radical (unpaired) electrons. The normalized spacial score (nSPS) is 38.2. The van der Waals surface area contributed by atoms with Gasteiger partial charge in [-0.15, -0.1) is 0 Å². The fourth-order valence-corrected chi connectivity index (χ4v) is 6.25. The second-order valence-corrected chi connectivity index (χ2v) is 10.9. The van der Waals surface area contributed by atoms with Crippen LogP contribution in [-0.2, 0) is 0 Å². The lowest BCUT2D eigenvalue weighted by atomic mass is 9.61. The molecule has 6 atom stereocenters. The zero-order valence-corrected chi connectivity index (χ0v) is 19.6. The number of hydrogen-bond acceptors (Lipinski definition) is 1. The molecular formula is C28H44O. The van der Waals surface area contributed by atoms with Crippen molar-refractivity contribution in [3.63, 3.8) is 0 Å². The summed E-state index contributed by atoms with van der Waals surface area (Å²) in [7, 11) is 0. The van der Waals surface area contributed by atoms with Gasteiger partial charge in [0.1, 0.15) is 0 Å². The monoisotopic (exact) mass is 396 g/mol. The summed E-state index contributed by atoms with van der Waals surface area (Å²) in [4.78, 5) is 0. The largest absolute Gasteiger partial charge is 0.393 e. The van der Waals surface area contributed by atoms with Crippen molar-refractivity contribution in [3.8, 4) is 0 Å². The minimum absolute atomic E-state index is 0.182. The maximum absolute atomic E-state index is 10.0. The van der Waals surface area contributed by atoms with Gasteiger partial charge in [0.2, 0.25) is 0 Å². The summed E-state index contributed by atoms with van der Waals surface area (Å²) in [6.45, 7) is 16.3. The van der Waals surface area contributed by atoms with Crippen LogP contribution in [0.15, 0.2) is 47.6 Å². The van der Waals surface area contributed by atoms with E-state index in [1.54, 1.807) is 5.57 Å². The zero-order chi connectivity index (χ0) is 21.2. The smallest absolute Gasteiger partial charge is 0.0583 e. The fourth-order valence-electron chi connectivity index (χ4n) is 6.25. The number of aliphatic hydroxyl groups excluding tert-OH is 1. The lowest BCUT2D eigenvalue weighted by Crippen LogP contribution is -2.35. The van der Waals surface area contributed by atoms with E-state index in [9.17, 15) is 5.11 Å². The van der Waals surface area contributed by atoms with Crippen molar-refractivity contribution in [1.29, 1.82) is 0 Å². The Hall–Kier alpha value is -1.08. The van der Waals surface area contributed by atoms with E-state index in [0.717, 1.165) is 37.0 Å². The maximum atomic E-state index is 10.0. The zero-order valence-electron chi connectivity index (χ0n) is 19.6. The van der Waals surface area contributed by atoms with Crippen LogP contribution in [0.25, 0.3) is 0 Å². The highest BCUT2D eigenvalue weighted by Crippen LogP contribution is 2.59. The van der Waals surface area contributed by atoms with Gasteiger partial charge >= 0.3 is 0 Å². The Morgan fingerprint density at radius 1 is 1.03 bits per heavy atom. The average Bonchev–Trinajstić information content (AvgIpc) is 3.04. The highest BCUT2D eigenvalue weighted by Gasteiger charge is 2.50.